The van der Waals surface area contributed by atoms with Gasteiger partial charge in [0.15, 0.2) is 0 Å². The van der Waals surface area contributed by atoms with Crippen LogP contribution in [0.25, 0.3) is 0 Å². The molecule has 0 radical (unpaired) electrons. The first-order chi connectivity index (χ1) is 7.31. The van der Waals surface area contributed by atoms with Crippen molar-refractivity contribution in [2.75, 3.05) is 13.1 Å². The molecule has 1 aromatic carbocycles. The quantitative estimate of drug-likeness (QED) is 0.810. The van der Waals surface area contributed by atoms with Gasteiger partial charge in [-0.1, -0.05) is 23.7 Å². The molecule has 82 valence electrons. The van der Waals surface area contributed by atoms with Crippen LogP contribution in [0.15, 0.2) is 18.2 Å². The highest BCUT2D eigenvalue weighted by atomic mass is 35.5. The van der Waals surface area contributed by atoms with Crippen molar-refractivity contribution in [3.8, 4) is 0 Å². The summed E-state index contributed by atoms with van der Waals surface area (Å²) in [5.74, 6) is 0.575. The number of halogens is 1. The van der Waals surface area contributed by atoms with Crippen LogP contribution in [-0.2, 0) is 6.61 Å². The van der Waals surface area contributed by atoms with Crippen molar-refractivity contribution in [1.29, 1.82) is 0 Å². The van der Waals surface area contributed by atoms with Crippen molar-refractivity contribution >= 4 is 11.6 Å². The molecule has 1 fully saturated rings. The van der Waals surface area contributed by atoms with Crippen molar-refractivity contribution in [2.45, 2.75) is 25.4 Å². The molecular formula is C12H16ClNO. The summed E-state index contributed by atoms with van der Waals surface area (Å²) >= 11 is 6.21. The minimum atomic E-state index is 0.0617. The van der Waals surface area contributed by atoms with E-state index in [2.05, 4.69) is 11.4 Å². The number of piperidine rings is 1. The van der Waals surface area contributed by atoms with Crippen LogP contribution in [0.4, 0.5) is 0 Å². The largest absolute Gasteiger partial charge is 0.392 e. The van der Waals surface area contributed by atoms with Crippen molar-refractivity contribution in [1.82, 2.24) is 5.32 Å². The first kappa shape index (κ1) is 10.9. The maximum absolute atomic E-state index is 8.99. The molecule has 15 heavy (non-hydrogen) atoms. The lowest BCUT2D eigenvalue weighted by Gasteiger charge is -2.24. The molecule has 1 aliphatic heterocycles. The molecule has 2 nitrogen and oxygen atoms in total. The van der Waals surface area contributed by atoms with E-state index in [9.17, 15) is 0 Å². The number of benzene rings is 1. The van der Waals surface area contributed by atoms with Gasteiger partial charge < -0.3 is 10.4 Å². The average molecular weight is 226 g/mol. The molecule has 1 aliphatic rings. The zero-order valence-corrected chi connectivity index (χ0v) is 9.43. The zero-order valence-electron chi connectivity index (χ0n) is 8.67. The smallest absolute Gasteiger partial charge is 0.0682 e. The number of nitrogens with one attached hydrogen (secondary N) is 1. The first-order valence-corrected chi connectivity index (χ1v) is 5.79. The van der Waals surface area contributed by atoms with Crippen LogP contribution in [0.1, 0.15) is 29.9 Å². The topological polar surface area (TPSA) is 32.3 Å². The summed E-state index contributed by atoms with van der Waals surface area (Å²) in [5.41, 5.74) is 2.12. The van der Waals surface area contributed by atoms with Gasteiger partial charge >= 0.3 is 0 Å². The molecule has 0 saturated carbocycles. The number of hydrogen-bond donors (Lipinski definition) is 2. The molecule has 3 heteroatoms. The van der Waals surface area contributed by atoms with Crippen molar-refractivity contribution in [2.24, 2.45) is 0 Å². The third-order valence-electron chi connectivity index (χ3n) is 3.03. The van der Waals surface area contributed by atoms with Crippen LogP contribution in [0.2, 0.25) is 5.02 Å². The summed E-state index contributed by atoms with van der Waals surface area (Å²) in [5, 5.41) is 13.1. The molecule has 1 saturated heterocycles. The Labute approximate surface area is 95.3 Å². The van der Waals surface area contributed by atoms with Gasteiger partial charge in [0, 0.05) is 5.02 Å². The second kappa shape index (κ2) is 4.97. The van der Waals surface area contributed by atoms with Gasteiger partial charge in [-0.2, -0.15) is 0 Å². The monoisotopic (exact) mass is 225 g/mol. The molecule has 0 spiro atoms. The van der Waals surface area contributed by atoms with Crippen molar-refractivity contribution in [3.05, 3.63) is 34.3 Å². The van der Waals surface area contributed by atoms with Crippen LogP contribution in [0.3, 0.4) is 0 Å². The molecule has 1 heterocycles. The van der Waals surface area contributed by atoms with Gasteiger partial charge in [-0.3, -0.25) is 0 Å². The van der Waals surface area contributed by atoms with Gasteiger partial charge in [-0.25, -0.2) is 0 Å². The molecule has 0 unspecified atom stereocenters. The highest BCUT2D eigenvalue weighted by Gasteiger charge is 2.17. The second-order valence-corrected chi connectivity index (χ2v) is 4.45. The summed E-state index contributed by atoms with van der Waals surface area (Å²) in [4.78, 5) is 0. The van der Waals surface area contributed by atoms with E-state index < -0.39 is 0 Å². The van der Waals surface area contributed by atoms with Crippen LogP contribution < -0.4 is 5.32 Å². The minimum absolute atomic E-state index is 0.0617. The van der Waals surface area contributed by atoms with Gasteiger partial charge in [0.1, 0.15) is 0 Å². The summed E-state index contributed by atoms with van der Waals surface area (Å²) in [6.07, 6.45) is 2.30. The fourth-order valence-electron chi connectivity index (χ4n) is 2.13. The Bertz CT molecular complexity index is 334. The van der Waals surface area contributed by atoms with Crippen molar-refractivity contribution < 1.29 is 5.11 Å². The highest BCUT2D eigenvalue weighted by Crippen LogP contribution is 2.31. The van der Waals surface area contributed by atoms with Gasteiger partial charge in [0.05, 0.1) is 6.61 Å². The standard InChI is InChI=1S/C12H16ClNO/c13-12-7-9(8-15)1-2-11(12)10-3-5-14-6-4-10/h1-2,7,10,14-15H,3-6,8H2. The van der Waals surface area contributed by atoms with E-state index >= 15 is 0 Å². The van der Waals surface area contributed by atoms with E-state index in [0.717, 1.165) is 36.5 Å². The maximum Gasteiger partial charge on any atom is 0.0682 e. The summed E-state index contributed by atoms with van der Waals surface area (Å²) in [6, 6.07) is 5.89. The molecule has 0 aromatic heterocycles. The highest BCUT2D eigenvalue weighted by molar-refractivity contribution is 6.31. The predicted octanol–water partition coefficient (Wildman–Crippen LogP) is 2.30. The Kier molecular flexibility index (Phi) is 3.62. The van der Waals surface area contributed by atoms with Gasteiger partial charge in [-0.05, 0) is 49.0 Å². The van der Waals surface area contributed by atoms with Gasteiger partial charge in [-0.15, -0.1) is 0 Å². The summed E-state index contributed by atoms with van der Waals surface area (Å²) in [7, 11) is 0. The van der Waals surface area contributed by atoms with E-state index in [4.69, 9.17) is 16.7 Å². The van der Waals surface area contributed by atoms with E-state index in [1.165, 1.54) is 5.56 Å². The van der Waals surface area contributed by atoms with E-state index in [1.54, 1.807) is 0 Å². The Hall–Kier alpha value is -0.570. The Morgan fingerprint density at radius 1 is 1.33 bits per heavy atom. The minimum Gasteiger partial charge on any atom is -0.392 e. The molecule has 0 atom stereocenters. The van der Waals surface area contributed by atoms with Gasteiger partial charge in [0.25, 0.3) is 0 Å². The van der Waals surface area contributed by atoms with Crippen molar-refractivity contribution in [3.63, 3.8) is 0 Å². The Morgan fingerprint density at radius 2 is 2.07 bits per heavy atom. The van der Waals surface area contributed by atoms with Crippen LogP contribution in [0, 0.1) is 0 Å². The molecule has 2 rings (SSSR count). The third kappa shape index (κ3) is 2.51. The molecule has 0 bridgehead atoms. The summed E-state index contributed by atoms with van der Waals surface area (Å²) in [6.45, 7) is 2.21. The zero-order chi connectivity index (χ0) is 10.7. The fourth-order valence-corrected chi connectivity index (χ4v) is 2.49. The maximum atomic E-state index is 8.99. The number of rotatable bonds is 2. The molecule has 2 N–H and O–H groups in total. The van der Waals surface area contributed by atoms with Crippen LogP contribution in [0.5, 0.6) is 0 Å². The molecule has 1 aromatic rings. The lowest BCUT2D eigenvalue weighted by molar-refractivity contribution is 0.282. The third-order valence-corrected chi connectivity index (χ3v) is 3.35. The van der Waals surface area contributed by atoms with Gasteiger partial charge in [0.2, 0.25) is 0 Å². The molecule has 0 amide bonds. The molecule has 0 aliphatic carbocycles. The van der Waals surface area contributed by atoms with E-state index in [0.29, 0.717) is 5.92 Å². The number of hydrogen-bond acceptors (Lipinski definition) is 2. The Balaban J connectivity index is 2.19. The lowest BCUT2D eigenvalue weighted by Crippen LogP contribution is -2.26. The number of aliphatic hydroxyl groups excluding tert-OH is 1. The normalized spacial score (nSPS) is 18.0. The average Bonchev–Trinajstić information content (AvgIpc) is 2.30. The molecular weight excluding hydrogens is 210 g/mol. The van der Waals surface area contributed by atoms with E-state index in [-0.39, 0.29) is 6.61 Å². The predicted molar refractivity (Wildman–Crippen MR) is 62.2 cm³/mol. The summed E-state index contributed by atoms with van der Waals surface area (Å²) < 4.78 is 0. The van der Waals surface area contributed by atoms with E-state index in [1.807, 2.05) is 12.1 Å². The Morgan fingerprint density at radius 3 is 2.67 bits per heavy atom. The van der Waals surface area contributed by atoms with Crippen LogP contribution in [-0.4, -0.2) is 18.2 Å². The first-order valence-electron chi connectivity index (χ1n) is 5.41. The number of aliphatic hydroxyl groups is 1. The SMILES string of the molecule is OCc1ccc(C2CCNCC2)c(Cl)c1. The van der Waals surface area contributed by atoms with Crippen LogP contribution >= 0.6 is 11.6 Å². The fraction of sp³-hybridized carbons (Fsp3) is 0.500. The second-order valence-electron chi connectivity index (χ2n) is 4.04. The lowest BCUT2D eigenvalue weighted by atomic mass is 9.90.